The molecule has 10 N–H and O–H groups in total. The molecule has 0 unspecified atom stereocenters. The number of likely N-dealkylation sites (N-methyl/N-ethyl adjacent to an activating group) is 1. The van der Waals surface area contributed by atoms with Crippen molar-refractivity contribution in [3.8, 4) is 34.4 Å². The van der Waals surface area contributed by atoms with E-state index in [-0.39, 0.29) is 62.8 Å². The van der Waals surface area contributed by atoms with Crippen LogP contribution in [0.1, 0.15) is 86.3 Å². The lowest BCUT2D eigenvalue weighted by Crippen LogP contribution is -2.56. The highest BCUT2D eigenvalue weighted by Crippen LogP contribution is 2.40. The molecule has 1 heterocycles. The third-order valence-electron chi connectivity index (χ3n) is 10.6. The Labute approximate surface area is 380 Å². The molecule has 346 valence electrons. The molecule has 4 bridgehead atoms. The van der Waals surface area contributed by atoms with Crippen molar-refractivity contribution in [2.75, 3.05) is 53.0 Å². The summed E-state index contributed by atoms with van der Waals surface area (Å²) in [6, 6.07) is 11.7. The van der Waals surface area contributed by atoms with Crippen LogP contribution < -0.4 is 52.7 Å². The minimum absolute atomic E-state index is 0.0000945. The molecule has 0 spiro atoms. The molecular weight excluding hydrogens is 842 g/mol. The number of hydrogen-bond acceptors (Lipinski definition) is 12. The predicted molar refractivity (Wildman–Crippen MR) is 244 cm³/mol. The lowest BCUT2D eigenvalue weighted by atomic mass is 9.93. The van der Waals surface area contributed by atoms with Gasteiger partial charge in [0.1, 0.15) is 61.2 Å². The van der Waals surface area contributed by atoms with Crippen molar-refractivity contribution in [2.24, 2.45) is 17.2 Å². The summed E-state index contributed by atoms with van der Waals surface area (Å²) in [4.78, 5) is 71.0. The van der Waals surface area contributed by atoms with Gasteiger partial charge in [0.25, 0.3) is 5.91 Å². The normalized spacial score (nSPS) is 16.5. The van der Waals surface area contributed by atoms with E-state index in [1.54, 1.807) is 48.5 Å². The van der Waals surface area contributed by atoms with Crippen molar-refractivity contribution in [3.63, 3.8) is 0 Å². The number of rotatable bonds is 22. The number of ether oxygens (including phenoxy) is 3. The first kappa shape index (κ1) is 50.7. The first-order valence-corrected chi connectivity index (χ1v) is 22.1. The Morgan fingerprint density at radius 2 is 1.53 bits per heavy atom. The maximum atomic E-state index is 14.6. The van der Waals surface area contributed by atoms with Gasteiger partial charge >= 0.3 is 0 Å². The number of nitrogens with one attached hydrogen (secondary N) is 4. The monoisotopic (exact) mass is 903 g/mol. The fourth-order valence-corrected chi connectivity index (χ4v) is 7.46. The Kier molecular flexibility index (Phi) is 20.6. The molecule has 4 rings (SSSR count). The zero-order valence-electron chi connectivity index (χ0n) is 36.9. The number of nitriles is 1. The van der Waals surface area contributed by atoms with Gasteiger partial charge in [-0.1, -0.05) is 62.8 Å². The number of halogens is 1. The van der Waals surface area contributed by atoms with E-state index in [1.807, 2.05) is 6.07 Å². The largest absolute Gasteiger partial charge is 0.494 e. The topological polar surface area (TPSA) is 266 Å². The smallest absolute Gasteiger partial charge is 0.253 e. The maximum Gasteiger partial charge on any atom is 0.253 e. The molecule has 1 aliphatic rings. The summed E-state index contributed by atoms with van der Waals surface area (Å²) in [5, 5.41) is 19.9. The molecule has 0 aromatic heterocycles. The SMILES string of the molecule is CCCCCCCCOc1ccc(C(=O)N[C@@H](CCN)C(=O)N(C)[C@@H]2C(=O)N[C@@H](C)C(=O)N[C@H](C(=O)NCC#N)Cc3ccc(OCCN)c(c3)-c3cc2ccc3OCCN)c(Cl)c1. The maximum absolute atomic E-state index is 14.6. The Morgan fingerprint density at radius 1 is 0.859 bits per heavy atom. The summed E-state index contributed by atoms with van der Waals surface area (Å²) in [7, 11) is 1.41. The molecule has 0 fully saturated rings. The highest BCUT2D eigenvalue weighted by molar-refractivity contribution is 6.34. The second kappa shape index (κ2) is 26.0. The summed E-state index contributed by atoms with van der Waals surface area (Å²) in [6.07, 6.45) is 6.66. The average molecular weight is 905 g/mol. The van der Waals surface area contributed by atoms with Gasteiger partial charge in [-0.2, -0.15) is 5.26 Å². The van der Waals surface area contributed by atoms with E-state index in [0.29, 0.717) is 46.1 Å². The number of unbranched alkanes of at least 4 members (excludes halogenated alkanes) is 5. The molecule has 17 nitrogen and oxygen atoms in total. The van der Waals surface area contributed by atoms with Gasteiger partial charge in [-0.3, -0.25) is 24.0 Å². The van der Waals surface area contributed by atoms with Crippen molar-refractivity contribution in [1.29, 1.82) is 5.26 Å². The van der Waals surface area contributed by atoms with Gasteiger partial charge in [-0.05, 0) is 79.9 Å². The number of carbonyl (C=O) groups excluding carboxylic acids is 5. The summed E-state index contributed by atoms with van der Waals surface area (Å²) in [5.41, 5.74) is 19.6. The number of hydrogen-bond donors (Lipinski definition) is 7. The van der Waals surface area contributed by atoms with E-state index in [9.17, 15) is 24.0 Å². The van der Waals surface area contributed by atoms with Crippen LogP contribution in [-0.4, -0.2) is 106 Å². The third kappa shape index (κ3) is 14.3. The van der Waals surface area contributed by atoms with Crippen molar-refractivity contribution >= 4 is 41.1 Å². The summed E-state index contributed by atoms with van der Waals surface area (Å²) >= 11 is 6.58. The first-order valence-electron chi connectivity index (χ1n) is 21.8. The van der Waals surface area contributed by atoms with Gasteiger partial charge in [0.15, 0.2) is 0 Å². The van der Waals surface area contributed by atoms with Crippen LogP contribution in [0.25, 0.3) is 11.1 Å². The second-order valence-corrected chi connectivity index (χ2v) is 15.9. The first-order chi connectivity index (χ1) is 30.9. The summed E-state index contributed by atoms with van der Waals surface area (Å²) in [6.45, 7) is 4.49. The van der Waals surface area contributed by atoms with Crippen LogP contribution in [-0.2, 0) is 25.6 Å². The van der Waals surface area contributed by atoms with Crippen molar-refractivity contribution < 1.29 is 38.2 Å². The molecule has 0 saturated heterocycles. The fourth-order valence-electron chi connectivity index (χ4n) is 7.21. The lowest BCUT2D eigenvalue weighted by Gasteiger charge is -2.32. The standard InChI is InChI=1S/C46H62ClN9O8/c1-4-5-6-7-8-9-22-62-32-12-13-33(36(47)28-32)43(58)54-37(16-17-48)46(61)56(3)41-31-11-15-40(64-24-20-51)35(27-31)34-25-30(10-14-39(34)63-23-19-50)26-38(44(59)52-21-18-49)55-42(57)29(2)53-45(41)60/h10-15,25,27-29,37-38,41H,4-9,16-17,19-24,26,48,50-51H2,1-3H3,(H,52,59)(H,53,60)(H,54,58)(H,55,57)/t29-,37-,38-,41-/m0/s1. The molecule has 4 atom stereocenters. The number of carbonyl (C=O) groups is 5. The van der Waals surface area contributed by atoms with Crippen LogP contribution in [0.4, 0.5) is 0 Å². The van der Waals surface area contributed by atoms with Gasteiger partial charge < -0.3 is 57.6 Å². The fraction of sp³-hybridized carbons (Fsp3) is 0.478. The van der Waals surface area contributed by atoms with E-state index < -0.39 is 53.7 Å². The van der Waals surface area contributed by atoms with Crippen molar-refractivity contribution in [3.05, 3.63) is 76.3 Å². The van der Waals surface area contributed by atoms with E-state index in [2.05, 4.69) is 28.2 Å². The lowest BCUT2D eigenvalue weighted by molar-refractivity contribution is -0.141. The molecule has 18 heteroatoms. The molecular formula is C46H62ClN9O8. The summed E-state index contributed by atoms with van der Waals surface area (Å²) in [5.74, 6) is -2.11. The van der Waals surface area contributed by atoms with Gasteiger partial charge in [0, 0.05) is 37.7 Å². The molecule has 1 aliphatic heterocycles. The van der Waals surface area contributed by atoms with E-state index >= 15 is 0 Å². The zero-order valence-corrected chi connectivity index (χ0v) is 37.6. The third-order valence-corrected chi connectivity index (χ3v) is 10.9. The van der Waals surface area contributed by atoms with Crippen LogP contribution in [0.15, 0.2) is 54.6 Å². The van der Waals surface area contributed by atoms with Crippen LogP contribution in [0.2, 0.25) is 5.02 Å². The highest BCUT2D eigenvalue weighted by atomic mass is 35.5. The minimum atomic E-state index is -1.40. The number of benzene rings is 3. The Morgan fingerprint density at radius 3 is 2.19 bits per heavy atom. The van der Waals surface area contributed by atoms with Gasteiger partial charge in [-0.25, -0.2) is 0 Å². The molecule has 3 aromatic carbocycles. The Balaban J connectivity index is 1.74. The van der Waals surface area contributed by atoms with E-state index in [4.69, 9.17) is 48.3 Å². The Hall–Kier alpha value is -5.93. The van der Waals surface area contributed by atoms with Crippen LogP contribution >= 0.6 is 11.6 Å². The Bertz CT molecular complexity index is 2120. The summed E-state index contributed by atoms with van der Waals surface area (Å²) < 4.78 is 18.0. The number of nitrogens with zero attached hydrogens (tertiary/aromatic N) is 2. The molecule has 0 radical (unpaired) electrons. The number of amides is 5. The van der Waals surface area contributed by atoms with Gasteiger partial charge in [0.05, 0.1) is 23.3 Å². The van der Waals surface area contributed by atoms with Crippen molar-refractivity contribution in [1.82, 2.24) is 26.2 Å². The van der Waals surface area contributed by atoms with E-state index in [0.717, 1.165) is 19.3 Å². The number of nitrogens with two attached hydrogens (primary N) is 3. The molecule has 64 heavy (non-hydrogen) atoms. The van der Waals surface area contributed by atoms with Crippen molar-refractivity contribution in [2.45, 2.75) is 89.4 Å². The van der Waals surface area contributed by atoms with Gasteiger partial charge in [-0.15, -0.1) is 0 Å². The number of fused-ring (bicyclic) bond motifs is 5. The highest BCUT2D eigenvalue weighted by Gasteiger charge is 2.36. The van der Waals surface area contributed by atoms with Crippen LogP contribution in [0.5, 0.6) is 17.2 Å². The van der Waals surface area contributed by atoms with Gasteiger partial charge in [0.2, 0.25) is 23.6 Å². The minimum Gasteiger partial charge on any atom is -0.494 e. The molecule has 3 aromatic rings. The van der Waals surface area contributed by atoms with E-state index in [1.165, 1.54) is 44.2 Å². The zero-order chi connectivity index (χ0) is 46.6. The quantitative estimate of drug-likeness (QED) is 0.0566. The molecule has 0 aliphatic carbocycles. The second-order valence-electron chi connectivity index (χ2n) is 15.4. The predicted octanol–water partition coefficient (Wildman–Crippen LogP) is 3.25. The van der Waals surface area contributed by atoms with Crippen LogP contribution in [0.3, 0.4) is 0 Å². The average Bonchev–Trinajstić information content (AvgIpc) is 3.28. The molecule has 5 amide bonds. The molecule has 0 saturated carbocycles. The van der Waals surface area contributed by atoms with Crippen LogP contribution in [0, 0.1) is 11.3 Å².